The van der Waals surface area contributed by atoms with Gasteiger partial charge in [-0.25, -0.2) is 9.97 Å². The van der Waals surface area contributed by atoms with Crippen molar-refractivity contribution in [3.63, 3.8) is 0 Å². The zero-order valence-electron chi connectivity index (χ0n) is 19.4. The predicted octanol–water partition coefficient (Wildman–Crippen LogP) is 2.92. The molecule has 2 fully saturated rings. The van der Waals surface area contributed by atoms with Crippen LogP contribution in [0.5, 0.6) is 0 Å². The summed E-state index contributed by atoms with van der Waals surface area (Å²) in [5.74, 6) is 2.44. The average Bonchev–Trinajstić information content (AvgIpc) is 3.16. The number of nitrogens with zero attached hydrogens (tertiary/aromatic N) is 6. The summed E-state index contributed by atoms with van der Waals surface area (Å²) >= 11 is 0. The summed E-state index contributed by atoms with van der Waals surface area (Å²) in [6, 6.07) is 2.12. The Morgan fingerprint density at radius 1 is 1.12 bits per heavy atom. The standard InChI is InChI=1S/C25H29N7O/c1-14-6-22-21(16(3)28-14)4-5-23(22)30-24(33)20-9-27-32(13-20)12-19-8-26-25(29-15(19)2)31-10-17-7-18(17)11-31/h6,8-9,13,17-18,23H,4-5,7,10-12H2,1-3H3,(H,30,33)/t17?,18?,23-/m1/s1. The highest BCUT2D eigenvalue weighted by molar-refractivity contribution is 5.94. The summed E-state index contributed by atoms with van der Waals surface area (Å²) in [6.45, 7) is 8.78. The molecule has 3 aliphatic rings. The summed E-state index contributed by atoms with van der Waals surface area (Å²) in [7, 11) is 0. The first-order chi connectivity index (χ1) is 15.9. The Hall–Kier alpha value is -3.29. The normalized spacial score (nSPS) is 22.9. The highest BCUT2D eigenvalue weighted by Gasteiger charge is 2.45. The molecule has 1 aliphatic heterocycles. The Bertz CT molecular complexity index is 1240. The molecule has 6 rings (SSSR count). The van der Waals surface area contributed by atoms with E-state index < -0.39 is 0 Å². The summed E-state index contributed by atoms with van der Waals surface area (Å²) in [4.78, 5) is 29.1. The van der Waals surface area contributed by atoms with E-state index in [1.807, 2.05) is 27.0 Å². The fraction of sp³-hybridized carbons (Fsp3) is 0.480. The lowest BCUT2D eigenvalue weighted by molar-refractivity contribution is 0.0936. The number of piperidine rings is 1. The Kier molecular flexibility index (Phi) is 4.71. The Morgan fingerprint density at radius 2 is 1.94 bits per heavy atom. The van der Waals surface area contributed by atoms with Crippen molar-refractivity contribution >= 4 is 11.9 Å². The Balaban J connectivity index is 1.12. The van der Waals surface area contributed by atoms with Crippen LogP contribution in [0.4, 0.5) is 5.95 Å². The number of aromatic nitrogens is 5. The van der Waals surface area contributed by atoms with Crippen LogP contribution in [0, 0.1) is 32.6 Å². The largest absolute Gasteiger partial charge is 0.345 e. The Labute approximate surface area is 193 Å². The van der Waals surface area contributed by atoms with Gasteiger partial charge >= 0.3 is 0 Å². The van der Waals surface area contributed by atoms with Crippen LogP contribution in [0.1, 0.15) is 63.0 Å². The molecule has 8 heteroatoms. The molecule has 170 valence electrons. The van der Waals surface area contributed by atoms with Crippen LogP contribution in [-0.4, -0.2) is 43.7 Å². The van der Waals surface area contributed by atoms with Crippen molar-refractivity contribution in [3.8, 4) is 0 Å². The molecule has 0 bridgehead atoms. The van der Waals surface area contributed by atoms with E-state index in [9.17, 15) is 4.79 Å². The maximum atomic E-state index is 12.9. The number of aryl methyl sites for hydroxylation is 3. The monoisotopic (exact) mass is 443 g/mol. The van der Waals surface area contributed by atoms with Gasteiger partial charge in [-0.05, 0) is 69.1 Å². The molecular formula is C25H29N7O. The zero-order valence-corrected chi connectivity index (χ0v) is 19.4. The number of hydrogen-bond acceptors (Lipinski definition) is 6. The molecule has 0 radical (unpaired) electrons. The van der Waals surface area contributed by atoms with Crippen LogP contribution in [-0.2, 0) is 13.0 Å². The maximum Gasteiger partial charge on any atom is 0.254 e. The number of nitrogens with one attached hydrogen (secondary N) is 1. The lowest BCUT2D eigenvalue weighted by atomic mass is 10.1. The summed E-state index contributed by atoms with van der Waals surface area (Å²) < 4.78 is 1.78. The van der Waals surface area contributed by atoms with E-state index in [0.29, 0.717) is 12.1 Å². The molecule has 1 N–H and O–H groups in total. The number of carbonyl (C=O) groups is 1. The van der Waals surface area contributed by atoms with Gasteiger partial charge in [0.05, 0.1) is 24.3 Å². The smallest absolute Gasteiger partial charge is 0.254 e. The number of hydrogen-bond donors (Lipinski definition) is 1. The van der Waals surface area contributed by atoms with Gasteiger partial charge in [-0.1, -0.05) is 0 Å². The van der Waals surface area contributed by atoms with Gasteiger partial charge in [-0.3, -0.25) is 14.5 Å². The van der Waals surface area contributed by atoms with Gasteiger partial charge in [0, 0.05) is 48.1 Å². The van der Waals surface area contributed by atoms with Gasteiger partial charge in [0.25, 0.3) is 5.91 Å². The molecule has 0 aromatic carbocycles. The quantitative estimate of drug-likeness (QED) is 0.652. The van der Waals surface area contributed by atoms with E-state index >= 15 is 0 Å². The minimum Gasteiger partial charge on any atom is -0.345 e. The molecule has 4 heterocycles. The second-order valence-corrected chi connectivity index (χ2v) is 9.85. The molecule has 33 heavy (non-hydrogen) atoms. The van der Waals surface area contributed by atoms with E-state index in [1.165, 1.54) is 17.5 Å². The number of anilines is 1. The highest BCUT2D eigenvalue weighted by Crippen LogP contribution is 2.45. The summed E-state index contributed by atoms with van der Waals surface area (Å²) in [5.41, 5.74) is 7.07. The third kappa shape index (κ3) is 3.77. The van der Waals surface area contributed by atoms with Crippen LogP contribution < -0.4 is 10.2 Å². The number of rotatable bonds is 5. The lowest BCUT2D eigenvalue weighted by Crippen LogP contribution is -2.27. The fourth-order valence-corrected chi connectivity index (χ4v) is 5.45. The maximum absolute atomic E-state index is 12.9. The second-order valence-electron chi connectivity index (χ2n) is 9.85. The van der Waals surface area contributed by atoms with Crippen molar-refractivity contribution in [2.75, 3.05) is 18.0 Å². The summed E-state index contributed by atoms with van der Waals surface area (Å²) in [5, 5.41) is 7.61. The van der Waals surface area contributed by atoms with Crippen molar-refractivity contribution < 1.29 is 4.79 Å². The third-order valence-electron chi connectivity index (χ3n) is 7.42. The van der Waals surface area contributed by atoms with E-state index in [0.717, 1.165) is 66.4 Å². The average molecular weight is 444 g/mol. The zero-order chi connectivity index (χ0) is 22.7. The van der Waals surface area contributed by atoms with E-state index in [-0.39, 0.29) is 11.9 Å². The molecule has 8 nitrogen and oxygen atoms in total. The number of amides is 1. The van der Waals surface area contributed by atoms with Gasteiger partial charge in [-0.2, -0.15) is 5.10 Å². The highest BCUT2D eigenvalue weighted by atomic mass is 16.1. The van der Waals surface area contributed by atoms with Crippen LogP contribution in [0.2, 0.25) is 0 Å². The molecule has 2 aliphatic carbocycles. The van der Waals surface area contributed by atoms with Crippen molar-refractivity contribution in [1.29, 1.82) is 0 Å². The number of fused-ring (bicyclic) bond motifs is 2. The first kappa shape index (κ1) is 20.3. The van der Waals surface area contributed by atoms with Gasteiger partial charge in [0.1, 0.15) is 0 Å². The van der Waals surface area contributed by atoms with Gasteiger partial charge in [0.2, 0.25) is 5.95 Å². The van der Waals surface area contributed by atoms with Crippen LogP contribution in [0.25, 0.3) is 0 Å². The van der Waals surface area contributed by atoms with Gasteiger partial charge in [0.15, 0.2) is 0 Å². The molecule has 2 unspecified atom stereocenters. The molecule has 1 saturated heterocycles. The molecule has 1 amide bonds. The fourth-order valence-electron chi connectivity index (χ4n) is 5.45. The van der Waals surface area contributed by atoms with Crippen LogP contribution >= 0.6 is 0 Å². The van der Waals surface area contributed by atoms with E-state index in [1.54, 1.807) is 17.1 Å². The second kappa shape index (κ2) is 7.64. The molecule has 3 aromatic rings. The van der Waals surface area contributed by atoms with Crippen molar-refractivity contribution in [1.82, 2.24) is 30.0 Å². The van der Waals surface area contributed by atoms with E-state index in [2.05, 4.69) is 31.3 Å². The first-order valence-corrected chi connectivity index (χ1v) is 11.8. The van der Waals surface area contributed by atoms with Crippen LogP contribution in [0.3, 0.4) is 0 Å². The van der Waals surface area contributed by atoms with Gasteiger partial charge < -0.3 is 10.2 Å². The number of pyridine rings is 1. The van der Waals surface area contributed by atoms with Crippen molar-refractivity contribution in [2.45, 2.75) is 52.6 Å². The minimum absolute atomic E-state index is 0.0241. The molecule has 3 atom stereocenters. The topological polar surface area (TPSA) is 88.8 Å². The van der Waals surface area contributed by atoms with Gasteiger partial charge in [-0.15, -0.1) is 0 Å². The van der Waals surface area contributed by atoms with Crippen LogP contribution in [0.15, 0.2) is 24.7 Å². The molecule has 1 saturated carbocycles. The Morgan fingerprint density at radius 3 is 2.73 bits per heavy atom. The predicted molar refractivity (Wildman–Crippen MR) is 124 cm³/mol. The van der Waals surface area contributed by atoms with E-state index in [4.69, 9.17) is 4.98 Å². The number of carbonyl (C=O) groups excluding carboxylic acids is 1. The SMILES string of the molecule is Cc1cc2c(c(C)n1)CC[C@H]2NC(=O)c1cnn(Cc2cnc(N3CC4CC4C3)nc2C)c1. The molecular weight excluding hydrogens is 414 g/mol. The lowest BCUT2D eigenvalue weighted by Gasteiger charge is -2.18. The third-order valence-corrected chi connectivity index (χ3v) is 7.42. The molecule has 3 aromatic heterocycles. The summed E-state index contributed by atoms with van der Waals surface area (Å²) in [6.07, 6.45) is 8.56. The minimum atomic E-state index is -0.0952. The van der Waals surface area contributed by atoms with Crippen molar-refractivity contribution in [3.05, 3.63) is 64.0 Å². The first-order valence-electron chi connectivity index (χ1n) is 11.8. The van der Waals surface area contributed by atoms with Crippen molar-refractivity contribution in [2.24, 2.45) is 11.8 Å². The molecule has 0 spiro atoms.